The number of thiophene rings is 1. The third-order valence-corrected chi connectivity index (χ3v) is 5.34. The highest BCUT2D eigenvalue weighted by molar-refractivity contribution is 9.10. The van der Waals surface area contributed by atoms with Gasteiger partial charge in [-0.1, -0.05) is 42.8 Å². The molecule has 2 N–H and O–H groups in total. The van der Waals surface area contributed by atoms with E-state index in [0.29, 0.717) is 0 Å². The van der Waals surface area contributed by atoms with E-state index < -0.39 is 0 Å². The van der Waals surface area contributed by atoms with Crippen LogP contribution in [0.15, 0.2) is 34.8 Å². The quantitative estimate of drug-likeness (QED) is 0.804. The monoisotopic (exact) mass is 337 g/mol. The summed E-state index contributed by atoms with van der Waals surface area (Å²) in [5.41, 5.74) is 9.05. The van der Waals surface area contributed by atoms with E-state index in [0.717, 1.165) is 4.47 Å². The first-order valence-electron chi connectivity index (χ1n) is 6.41. The molecule has 1 atom stereocenters. The molecule has 0 spiro atoms. The van der Waals surface area contributed by atoms with Crippen LogP contribution >= 0.6 is 27.3 Å². The number of aryl methyl sites for hydroxylation is 1. The molecule has 0 aliphatic carbocycles. The molecule has 1 aromatic carbocycles. The van der Waals surface area contributed by atoms with Gasteiger partial charge in [-0.2, -0.15) is 0 Å². The minimum absolute atomic E-state index is 0.0430. The number of nitrogens with two attached hydrogens (primary N) is 1. The fraction of sp³-hybridized carbons (Fsp3) is 0.375. The summed E-state index contributed by atoms with van der Waals surface area (Å²) in [4.78, 5) is 2.61. The second kappa shape index (κ2) is 5.39. The van der Waals surface area contributed by atoms with Crippen molar-refractivity contribution in [3.8, 4) is 0 Å². The minimum Gasteiger partial charge on any atom is -0.320 e. The van der Waals surface area contributed by atoms with E-state index in [1.807, 2.05) is 11.3 Å². The first-order valence-corrected chi connectivity index (χ1v) is 8.02. The van der Waals surface area contributed by atoms with Crippen LogP contribution in [0.4, 0.5) is 0 Å². The summed E-state index contributed by atoms with van der Waals surface area (Å²) < 4.78 is 1.08. The van der Waals surface area contributed by atoms with Crippen molar-refractivity contribution in [1.82, 2.24) is 0 Å². The zero-order valence-corrected chi connectivity index (χ0v) is 14.2. The molecular weight excluding hydrogens is 318 g/mol. The Balaban J connectivity index is 2.36. The number of rotatable bonds is 2. The first kappa shape index (κ1) is 14.8. The number of halogens is 1. The third-order valence-electron chi connectivity index (χ3n) is 3.25. The number of hydrogen-bond acceptors (Lipinski definition) is 2. The van der Waals surface area contributed by atoms with E-state index in [9.17, 15) is 0 Å². The summed E-state index contributed by atoms with van der Waals surface area (Å²) in [6.07, 6.45) is 0. The van der Waals surface area contributed by atoms with Gasteiger partial charge >= 0.3 is 0 Å². The van der Waals surface area contributed by atoms with E-state index in [4.69, 9.17) is 5.73 Å². The molecule has 3 heteroatoms. The Morgan fingerprint density at radius 3 is 2.42 bits per heavy atom. The molecule has 2 rings (SSSR count). The highest BCUT2D eigenvalue weighted by atomic mass is 79.9. The predicted octanol–water partition coefficient (Wildman–Crippen LogP) is 5.16. The average Bonchev–Trinajstić information content (AvgIpc) is 2.80. The van der Waals surface area contributed by atoms with Gasteiger partial charge in [0.1, 0.15) is 0 Å². The predicted molar refractivity (Wildman–Crippen MR) is 87.9 cm³/mol. The standard InChI is InChI=1S/C16H20BrNS/c1-10-5-6-11(17)9-12(10)15(18)13-7-8-14(19-13)16(2,3)4/h5-9,15H,18H2,1-4H3. The van der Waals surface area contributed by atoms with E-state index >= 15 is 0 Å². The van der Waals surface area contributed by atoms with Crippen molar-refractivity contribution in [3.63, 3.8) is 0 Å². The van der Waals surface area contributed by atoms with Crippen LogP contribution < -0.4 is 5.73 Å². The van der Waals surface area contributed by atoms with Crippen LogP contribution in [-0.4, -0.2) is 0 Å². The van der Waals surface area contributed by atoms with Gasteiger partial charge in [-0.25, -0.2) is 0 Å². The smallest absolute Gasteiger partial charge is 0.0649 e. The van der Waals surface area contributed by atoms with Crippen molar-refractivity contribution in [1.29, 1.82) is 0 Å². The molecule has 0 aliphatic heterocycles. The van der Waals surface area contributed by atoms with Crippen LogP contribution in [0.5, 0.6) is 0 Å². The largest absolute Gasteiger partial charge is 0.320 e. The van der Waals surface area contributed by atoms with Crippen LogP contribution in [0, 0.1) is 6.92 Å². The summed E-state index contributed by atoms with van der Waals surface area (Å²) in [6, 6.07) is 10.6. The first-order chi connectivity index (χ1) is 8.79. The van der Waals surface area contributed by atoms with E-state index in [1.165, 1.54) is 20.9 Å². The molecule has 1 nitrogen and oxygen atoms in total. The molecule has 1 unspecified atom stereocenters. The lowest BCUT2D eigenvalue weighted by Gasteiger charge is -2.16. The van der Waals surface area contributed by atoms with Gasteiger partial charge in [0.05, 0.1) is 6.04 Å². The summed E-state index contributed by atoms with van der Waals surface area (Å²) in [6.45, 7) is 8.81. The Bertz CT molecular complexity index is 581. The van der Waals surface area contributed by atoms with E-state index in [2.05, 4.69) is 74.0 Å². The normalized spacial score (nSPS) is 13.6. The molecule has 0 amide bonds. The molecule has 0 saturated heterocycles. The maximum atomic E-state index is 6.43. The lowest BCUT2D eigenvalue weighted by atomic mass is 9.95. The fourth-order valence-corrected chi connectivity index (χ4v) is 3.49. The van der Waals surface area contributed by atoms with Crippen molar-refractivity contribution in [2.75, 3.05) is 0 Å². The van der Waals surface area contributed by atoms with Gasteiger partial charge in [-0.05, 0) is 47.7 Å². The van der Waals surface area contributed by atoms with Crippen molar-refractivity contribution in [3.05, 3.63) is 55.7 Å². The maximum absolute atomic E-state index is 6.43. The Morgan fingerprint density at radius 2 is 1.84 bits per heavy atom. The Hall–Kier alpha value is -0.640. The van der Waals surface area contributed by atoms with Gasteiger partial charge < -0.3 is 5.73 Å². The summed E-state index contributed by atoms with van der Waals surface area (Å²) in [5, 5.41) is 0. The van der Waals surface area contributed by atoms with Crippen molar-refractivity contribution < 1.29 is 0 Å². The summed E-state index contributed by atoms with van der Waals surface area (Å²) >= 11 is 5.34. The topological polar surface area (TPSA) is 26.0 Å². The second-order valence-electron chi connectivity index (χ2n) is 5.93. The molecule has 0 aliphatic rings. The van der Waals surface area contributed by atoms with Crippen LogP contribution in [0.1, 0.15) is 47.7 Å². The molecule has 19 heavy (non-hydrogen) atoms. The van der Waals surface area contributed by atoms with Gasteiger partial charge in [0.2, 0.25) is 0 Å². The second-order valence-corrected chi connectivity index (χ2v) is 7.96. The molecule has 1 aromatic heterocycles. The molecular formula is C16H20BrNS. The van der Waals surface area contributed by atoms with Gasteiger partial charge in [0.15, 0.2) is 0 Å². The minimum atomic E-state index is -0.0430. The molecule has 102 valence electrons. The Morgan fingerprint density at radius 1 is 1.16 bits per heavy atom. The molecule has 2 aromatic rings. The summed E-state index contributed by atoms with van der Waals surface area (Å²) in [7, 11) is 0. The maximum Gasteiger partial charge on any atom is 0.0649 e. The van der Waals surface area contributed by atoms with Crippen LogP contribution in [0.2, 0.25) is 0 Å². The molecule has 0 fully saturated rings. The summed E-state index contributed by atoms with van der Waals surface area (Å²) in [5.74, 6) is 0. The Labute approximate surface area is 128 Å². The molecule has 0 bridgehead atoms. The van der Waals surface area contributed by atoms with Crippen molar-refractivity contribution in [2.45, 2.75) is 39.2 Å². The van der Waals surface area contributed by atoms with Gasteiger partial charge in [-0.15, -0.1) is 11.3 Å². The van der Waals surface area contributed by atoms with Crippen molar-refractivity contribution in [2.24, 2.45) is 5.73 Å². The van der Waals surface area contributed by atoms with Gasteiger partial charge in [0.25, 0.3) is 0 Å². The highest BCUT2D eigenvalue weighted by Gasteiger charge is 2.19. The van der Waals surface area contributed by atoms with Crippen molar-refractivity contribution >= 4 is 27.3 Å². The van der Waals surface area contributed by atoms with Gasteiger partial charge in [-0.3, -0.25) is 0 Å². The van der Waals surface area contributed by atoms with E-state index in [1.54, 1.807) is 0 Å². The molecule has 0 saturated carbocycles. The average molecular weight is 338 g/mol. The third kappa shape index (κ3) is 3.28. The molecule has 1 heterocycles. The lowest BCUT2D eigenvalue weighted by molar-refractivity contribution is 0.604. The number of benzene rings is 1. The van der Waals surface area contributed by atoms with Crippen LogP contribution in [-0.2, 0) is 5.41 Å². The highest BCUT2D eigenvalue weighted by Crippen LogP contribution is 2.35. The fourth-order valence-electron chi connectivity index (χ4n) is 2.02. The molecule has 0 radical (unpaired) electrons. The van der Waals surface area contributed by atoms with E-state index in [-0.39, 0.29) is 11.5 Å². The lowest BCUT2D eigenvalue weighted by Crippen LogP contribution is -2.12. The van der Waals surface area contributed by atoms with Gasteiger partial charge in [0, 0.05) is 14.2 Å². The zero-order chi connectivity index (χ0) is 14.2. The SMILES string of the molecule is Cc1ccc(Br)cc1C(N)c1ccc(C(C)(C)C)s1. The number of hydrogen-bond donors (Lipinski definition) is 1. The van der Waals surface area contributed by atoms with Crippen LogP contribution in [0.3, 0.4) is 0 Å². The van der Waals surface area contributed by atoms with Crippen LogP contribution in [0.25, 0.3) is 0 Å². The Kier molecular flexibility index (Phi) is 4.19. The zero-order valence-electron chi connectivity index (χ0n) is 11.8.